The Morgan fingerprint density at radius 3 is 2.61 bits per heavy atom. The number of piperidine rings is 1. The normalized spacial score (nSPS) is 22.3. The first kappa shape index (κ1) is 20.1. The number of amides is 2. The molecule has 0 aromatic carbocycles. The molecule has 2 aromatic rings. The van der Waals surface area contributed by atoms with Crippen molar-refractivity contribution in [2.75, 3.05) is 26.2 Å². The molecule has 1 N–H and O–H groups in total. The molecule has 0 unspecified atom stereocenters. The Morgan fingerprint density at radius 1 is 1.23 bits per heavy atom. The molecule has 2 aliphatic heterocycles. The van der Waals surface area contributed by atoms with Crippen LogP contribution in [0.5, 0.6) is 0 Å². The number of carbonyl (C=O) groups is 2. The zero-order chi connectivity index (χ0) is 21.6. The predicted molar refractivity (Wildman–Crippen MR) is 111 cm³/mol. The lowest BCUT2D eigenvalue weighted by molar-refractivity contribution is -0.170. The van der Waals surface area contributed by atoms with Gasteiger partial charge < -0.3 is 15.1 Å². The molecule has 9 heteroatoms. The minimum atomic E-state index is -0.739. The van der Waals surface area contributed by atoms with Crippen LogP contribution in [-0.4, -0.2) is 68.1 Å². The molecule has 31 heavy (non-hydrogen) atoms. The Kier molecular flexibility index (Phi) is 5.00. The summed E-state index contributed by atoms with van der Waals surface area (Å²) < 4.78 is 14.6. The van der Waals surface area contributed by atoms with Crippen molar-refractivity contribution in [3.8, 4) is 5.82 Å². The average molecular weight is 426 g/mol. The van der Waals surface area contributed by atoms with Crippen molar-refractivity contribution >= 4 is 11.8 Å². The largest absolute Gasteiger partial charge is 0.326 e. The van der Waals surface area contributed by atoms with Gasteiger partial charge in [-0.2, -0.15) is 5.10 Å². The molecule has 1 spiro atoms. The van der Waals surface area contributed by atoms with Crippen LogP contribution in [-0.2, 0) is 9.59 Å². The fourth-order valence-electron chi connectivity index (χ4n) is 4.78. The lowest BCUT2D eigenvalue weighted by Crippen LogP contribution is -2.71. The first-order valence-electron chi connectivity index (χ1n) is 11.0. The number of nitrogens with zero attached hydrogens (tertiary/aromatic N) is 5. The fourth-order valence-corrected chi connectivity index (χ4v) is 4.78. The molecule has 0 radical (unpaired) electrons. The smallest absolute Gasteiger partial charge is 0.249 e. The van der Waals surface area contributed by atoms with Crippen molar-refractivity contribution in [1.29, 1.82) is 0 Å². The fraction of sp³-hybridized carbons (Fsp3) is 0.545. The summed E-state index contributed by atoms with van der Waals surface area (Å²) in [7, 11) is 0. The third-order valence-corrected chi connectivity index (χ3v) is 6.86. The highest BCUT2D eigenvalue weighted by Crippen LogP contribution is 2.39. The van der Waals surface area contributed by atoms with Crippen LogP contribution in [0.1, 0.15) is 44.2 Å². The molecule has 1 atom stereocenters. The highest BCUT2D eigenvalue weighted by atomic mass is 19.1. The molecule has 3 fully saturated rings. The minimum absolute atomic E-state index is 0.0387. The zero-order valence-electron chi connectivity index (χ0n) is 17.6. The van der Waals surface area contributed by atoms with E-state index in [1.54, 1.807) is 17.2 Å². The molecule has 1 saturated carbocycles. The molecule has 2 saturated heterocycles. The van der Waals surface area contributed by atoms with Crippen molar-refractivity contribution in [3.63, 3.8) is 0 Å². The Morgan fingerprint density at radius 2 is 2.00 bits per heavy atom. The molecule has 3 aliphatic rings. The summed E-state index contributed by atoms with van der Waals surface area (Å²) in [6, 6.07) is 3.31. The Labute approximate surface area is 180 Å². The van der Waals surface area contributed by atoms with Gasteiger partial charge in [-0.3, -0.25) is 9.59 Å². The van der Waals surface area contributed by atoms with E-state index in [1.807, 2.05) is 17.9 Å². The number of hydrogen-bond acceptors (Lipinski definition) is 5. The molecule has 4 heterocycles. The second kappa shape index (κ2) is 7.71. The average Bonchev–Trinajstić information content (AvgIpc) is 3.52. The van der Waals surface area contributed by atoms with E-state index >= 15 is 0 Å². The summed E-state index contributed by atoms with van der Waals surface area (Å²) >= 11 is 0. The summed E-state index contributed by atoms with van der Waals surface area (Å²) in [5.74, 6) is 0.680. The van der Waals surface area contributed by atoms with Crippen molar-refractivity contribution in [2.24, 2.45) is 5.92 Å². The minimum Gasteiger partial charge on any atom is -0.326 e. The van der Waals surface area contributed by atoms with Gasteiger partial charge in [0.1, 0.15) is 12.1 Å². The van der Waals surface area contributed by atoms with E-state index in [1.165, 1.54) is 10.9 Å². The number of nitrogens with one attached hydrogen (secondary N) is 1. The van der Waals surface area contributed by atoms with Crippen molar-refractivity contribution in [2.45, 2.75) is 44.2 Å². The van der Waals surface area contributed by atoms with Crippen molar-refractivity contribution in [3.05, 3.63) is 42.1 Å². The monoisotopic (exact) mass is 426 g/mol. The number of halogens is 1. The van der Waals surface area contributed by atoms with Gasteiger partial charge in [0.05, 0.1) is 18.4 Å². The van der Waals surface area contributed by atoms with E-state index in [0.29, 0.717) is 31.1 Å². The summed E-state index contributed by atoms with van der Waals surface area (Å²) in [6.07, 6.45) is 7.64. The van der Waals surface area contributed by atoms with E-state index in [9.17, 15) is 14.0 Å². The highest BCUT2D eigenvalue weighted by Gasteiger charge is 2.54. The Balaban J connectivity index is 1.40. The van der Waals surface area contributed by atoms with Gasteiger partial charge in [0.2, 0.25) is 11.8 Å². The predicted octanol–water partition coefficient (Wildman–Crippen LogP) is 1.67. The summed E-state index contributed by atoms with van der Waals surface area (Å²) in [5, 5.41) is 7.25. The van der Waals surface area contributed by atoms with Crippen LogP contribution in [0.15, 0.2) is 30.7 Å². The van der Waals surface area contributed by atoms with E-state index in [0.717, 1.165) is 37.7 Å². The van der Waals surface area contributed by atoms with Crippen molar-refractivity contribution < 1.29 is 14.0 Å². The van der Waals surface area contributed by atoms with Gasteiger partial charge in [-0.25, -0.2) is 14.1 Å². The third kappa shape index (κ3) is 3.60. The number of rotatable bonds is 5. The maximum absolute atomic E-state index is 13.8. The van der Waals surface area contributed by atoms with Crippen LogP contribution in [0.25, 0.3) is 5.82 Å². The van der Waals surface area contributed by atoms with Gasteiger partial charge in [0, 0.05) is 12.7 Å². The molecule has 5 rings (SSSR count). The second-order valence-electron chi connectivity index (χ2n) is 8.89. The van der Waals surface area contributed by atoms with Crippen LogP contribution in [0.2, 0.25) is 0 Å². The molecule has 0 bridgehead atoms. The van der Waals surface area contributed by atoms with Crippen LogP contribution < -0.4 is 5.32 Å². The van der Waals surface area contributed by atoms with E-state index in [-0.39, 0.29) is 24.4 Å². The number of aromatic nitrogens is 3. The maximum Gasteiger partial charge on any atom is 0.249 e. The molecule has 1 aliphatic carbocycles. The van der Waals surface area contributed by atoms with E-state index < -0.39 is 11.4 Å². The van der Waals surface area contributed by atoms with Crippen molar-refractivity contribution in [1.82, 2.24) is 29.9 Å². The number of carbonyl (C=O) groups excluding carboxylic acids is 2. The third-order valence-electron chi connectivity index (χ3n) is 6.86. The molecule has 164 valence electrons. The zero-order valence-corrected chi connectivity index (χ0v) is 17.6. The number of piperazine rings is 1. The van der Waals surface area contributed by atoms with Gasteiger partial charge in [0.25, 0.3) is 0 Å². The summed E-state index contributed by atoms with van der Waals surface area (Å²) in [5.41, 5.74) is 0.0921. The van der Waals surface area contributed by atoms with Gasteiger partial charge in [-0.1, -0.05) is 6.07 Å². The number of hydrogen-bond donors (Lipinski definition) is 1. The van der Waals surface area contributed by atoms with Gasteiger partial charge in [-0.15, -0.1) is 0 Å². The first-order chi connectivity index (χ1) is 15.0. The first-order valence-corrected chi connectivity index (χ1v) is 11.0. The topological polar surface area (TPSA) is 83.4 Å². The van der Waals surface area contributed by atoms with Crippen LogP contribution in [0, 0.1) is 11.7 Å². The van der Waals surface area contributed by atoms with E-state index in [4.69, 9.17) is 0 Å². The maximum atomic E-state index is 13.8. The SMILES string of the molecule is C[C@@H](c1ccc(-n2cc(F)cn2)nc1)N1CC(=O)N(CC2CC2)C2(CCNCC2)C1=O. The second-order valence-corrected chi connectivity index (χ2v) is 8.89. The highest BCUT2D eigenvalue weighted by molar-refractivity contribution is 5.98. The van der Waals surface area contributed by atoms with Gasteiger partial charge in [0.15, 0.2) is 11.6 Å². The van der Waals surface area contributed by atoms with Gasteiger partial charge >= 0.3 is 0 Å². The Bertz CT molecular complexity index is 980. The Hall–Kier alpha value is -2.81. The molecule has 8 nitrogen and oxygen atoms in total. The lowest BCUT2D eigenvalue weighted by atomic mass is 9.82. The summed E-state index contributed by atoms with van der Waals surface area (Å²) in [6.45, 7) is 4.19. The number of pyridine rings is 1. The van der Waals surface area contributed by atoms with Crippen LogP contribution in [0.4, 0.5) is 4.39 Å². The standard InChI is InChI=1S/C22H27FN6O2/c1-15(17-4-5-19(25-10-17)29-13-18(23)11-26-29)27-14-20(30)28(12-16-2-3-16)22(21(27)31)6-8-24-9-7-22/h4-5,10-11,13,15-16,24H,2-3,6-9,12,14H2,1H3/t15-/m0/s1. The molecular weight excluding hydrogens is 399 g/mol. The van der Waals surface area contributed by atoms with Crippen LogP contribution in [0.3, 0.4) is 0 Å². The molecular formula is C22H27FN6O2. The molecule has 2 amide bonds. The molecule has 2 aromatic heterocycles. The van der Waals surface area contributed by atoms with Gasteiger partial charge in [-0.05, 0) is 63.2 Å². The van der Waals surface area contributed by atoms with E-state index in [2.05, 4.69) is 15.4 Å². The lowest BCUT2D eigenvalue weighted by Gasteiger charge is -2.52. The quantitative estimate of drug-likeness (QED) is 0.787. The van der Waals surface area contributed by atoms with Crippen LogP contribution >= 0.6 is 0 Å². The summed E-state index contributed by atoms with van der Waals surface area (Å²) in [4.78, 5) is 35.0.